The summed E-state index contributed by atoms with van der Waals surface area (Å²) in [5.41, 5.74) is 1.76. The molecule has 0 bridgehead atoms. The molecule has 1 aromatic carbocycles. The first-order chi connectivity index (χ1) is 9.15. The molecule has 0 saturated heterocycles. The van der Waals surface area contributed by atoms with Crippen LogP contribution in [0.2, 0.25) is 0 Å². The third kappa shape index (κ3) is 3.11. The van der Waals surface area contributed by atoms with E-state index in [1.165, 1.54) is 24.5 Å². The number of thiazole rings is 1. The van der Waals surface area contributed by atoms with Crippen LogP contribution in [-0.4, -0.2) is 18.6 Å². The number of aromatic nitrogens is 1. The zero-order valence-corrected chi connectivity index (χ0v) is 12.1. The predicted molar refractivity (Wildman–Crippen MR) is 76.2 cm³/mol. The third-order valence-electron chi connectivity index (χ3n) is 2.87. The number of methoxy groups -OCH3 is 1. The van der Waals surface area contributed by atoms with Crippen molar-refractivity contribution >= 4 is 11.3 Å². The molecule has 0 aliphatic heterocycles. The van der Waals surface area contributed by atoms with Crippen molar-refractivity contribution in [3.8, 4) is 16.3 Å². The number of ether oxygens (including phenoxy) is 1. The van der Waals surface area contributed by atoms with Crippen molar-refractivity contribution in [2.45, 2.75) is 19.9 Å². The summed E-state index contributed by atoms with van der Waals surface area (Å²) in [6, 6.07) is 5.11. The van der Waals surface area contributed by atoms with Crippen molar-refractivity contribution in [2.75, 3.05) is 13.7 Å². The molecule has 0 saturated carbocycles. The molecule has 1 aromatic heterocycles. The Balaban J connectivity index is 2.25. The summed E-state index contributed by atoms with van der Waals surface area (Å²) in [6.07, 6.45) is 0. The fourth-order valence-electron chi connectivity index (χ4n) is 1.83. The molecule has 19 heavy (non-hydrogen) atoms. The topological polar surface area (TPSA) is 34.1 Å². The summed E-state index contributed by atoms with van der Waals surface area (Å²) >= 11 is 1.52. The van der Waals surface area contributed by atoms with Crippen molar-refractivity contribution in [3.63, 3.8) is 0 Å². The van der Waals surface area contributed by atoms with Gasteiger partial charge in [-0.2, -0.15) is 0 Å². The Morgan fingerprint density at radius 1 is 1.47 bits per heavy atom. The van der Waals surface area contributed by atoms with Crippen LogP contribution in [0.25, 0.3) is 10.6 Å². The number of hydrogen-bond acceptors (Lipinski definition) is 4. The van der Waals surface area contributed by atoms with Gasteiger partial charge in [0.1, 0.15) is 5.01 Å². The quantitative estimate of drug-likeness (QED) is 0.908. The van der Waals surface area contributed by atoms with Crippen LogP contribution in [-0.2, 0) is 0 Å². The lowest BCUT2D eigenvalue weighted by atomic mass is 10.2. The van der Waals surface area contributed by atoms with Gasteiger partial charge in [-0.25, -0.2) is 9.37 Å². The van der Waals surface area contributed by atoms with Crippen LogP contribution in [0.5, 0.6) is 5.75 Å². The van der Waals surface area contributed by atoms with Crippen LogP contribution in [0, 0.1) is 5.82 Å². The maximum Gasteiger partial charge on any atom is 0.165 e. The molecule has 102 valence electrons. The molecule has 2 aromatic rings. The minimum atomic E-state index is -0.364. The van der Waals surface area contributed by atoms with E-state index >= 15 is 0 Å². The van der Waals surface area contributed by atoms with Crippen LogP contribution < -0.4 is 10.1 Å². The Hall–Kier alpha value is -1.46. The second-order valence-electron chi connectivity index (χ2n) is 4.21. The van der Waals surface area contributed by atoms with Crippen LogP contribution in [0.1, 0.15) is 25.6 Å². The van der Waals surface area contributed by atoms with E-state index in [9.17, 15) is 4.39 Å². The van der Waals surface area contributed by atoms with Crippen LogP contribution in [0.3, 0.4) is 0 Å². The van der Waals surface area contributed by atoms with E-state index in [0.29, 0.717) is 0 Å². The van der Waals surface area contributed by atoms with Gasteiger partial charge in [0, 0.05) is 17.0 Å². The normalized spacial score (nSPS) is 12.4. The van der Waals surface area contributed by atoms with Gasteiger partial charge in [-0.3, -0.25) is 0 Å². The van der Waals surface area contributed by atoms with Gasteiger partial charge >= 0.3 is 0 Å². The Morgan fingerprint density at radius 3 is 2.89 bits per heavy atom. The molecule has 3 nitrogen and oxygen atoms in total. The molecule has 0 radical (unpaired) electrons. The zero-order chi connectivity index (χ0) is 13.8. The third-order valence-corrected chi connectivity index (χ3v) is 3.78. The monoisotopic (exact) mass is 280 g/mol. The molecule has 0 amide bonds. The Bertz CT molecular complexity index is 556. The minimum absolute atomic E-state index is 0.207. The summed E-state index contributed by atoms with van der Waals surface area (Å²) in [4.78, 5) is 4.54. The number of hydrogen-bond donors (Lipinski definition) is 1. The summed E-state index contributed by atoms with van der Waals surface area (Å²) < 4.78 is 18.6. The summed E-state index contributed by atoms with van der Waals surface area (Å²) in [5.74, 6) is -0.113. The maximum atomic E-state index is 13.7. The molecule has 0 spiro atoms. The largest absolute Gasteiger partial charge is 0.494 e. The first kappa shape index (κ1) is 14.0. The highest BCUT2D eigenvalue weighted by Gasteiger charge is 2.12. The minimum Gasteiger partial charge on any atom is -0.494 e. The SMILES string of the molecule is CCNC(C)c1csc(-c2ccc(OC)c(F)c2)n1. The van der Waals surface area contributed by atoms with Gasteiger partial charge in [-0.1, -0.05) is 6.92 Å². The molecule has 1 unspecified atom stereocenters. The van der Waals surface area contributed by atoms with Gasteiger partial charge in [-0.15, -0.1) is 11.3 Å². The molecule has 0 aliphatic rings. The number of halogens is 1. The van der Waals surface area contributed by atoms with E-state index in [-0.39, 0.29) is 17.6 Å². The highest BCUT2D eigenvalue weighted by molar-refractivity contribution is 7.13. The van der Waals surface area contributed by atoms with Crippen molar-refractivity contribution in [2.24, 2.45) is 0 Å². The van der Waals surface area contributed by atoms with Gasteiger partial charge in [0.05, 0.1) is 12.8 Å². The lowest BCUT2D eigenvalue weighted by molar-refractivity contribution is 0.386. The first-order valence-corrected chi connectivity index (χ1v) is 7.06. The Labute approximate surface area is 116 Å². The van der Waals surface area contributed by atoms with Crippen LogP contribution in [0.4, 0.5) is 4.39 Å². The molecule has 1 N–H and O–H groups in total. The molecule has 1 atom stereocenters. The Morgan fingerprint density at radius 2 is 2.26 bits per heavy atom. The number of nitrogens with zero attached hydrogens (tertiary/aromatic N) is 1. The van der Waals surface area contributed by atoms with Crippen molar-refractivity contribution in [1.29, 1.82) is 0 Å². The molecule has 1 heterocycles. The average molecular weight is 280 g/mol. The van der Waals surface area contributed by atoms with Gasteiger partial charge < -0.3 is 10.1 Å². The van der Waals surface area contributed by atoms with E-state index in [1.807, 2.05) is 11.4 Å². The van der Waals surface area contributed by atoms with Gasteiger partial charge in [-0.05, 0) is 31.7 Å². The van der Waals surface area contributed by atoms with Crippen molar-refractivity contribution < 1.29 is 9.13 Å². The van der Waals surface area contributed by atoms with E-state index in [2.05, 4.69) is 24.1 Å². The van der Waals surface area contributed by atoms with Crippen LogP contribution >= 0.6 is 11.3 Å². The molecular weight excluding hydrogens is 263 g/mol. The van der Waals surface area contributed by atoms with Crippen molar-refractivity contribution in [3.05, 3.63) is 35.1 Å². The summed E-state index contributed by atoms with van der Waals surface area (Å²) in [7, 11) is 1.46. The van der Waals surface area contributed by atoms with E-state index in [4.69, 9.17) is 4.74 Å². The first-order valence-electron chi connectivity index (χ1n) is 6.18. The fraction of sp³-hybridized carbons (Fsp3) is 0.357. The highest BCUT2D eigenvalue weighted by atomic mass is 32.1. The van der Waals surface area contributed by atoms with E-state index < -0.39 is 0 Å². The molecule has 2 rings (SSSR count). The smallest absolute Gasteiger partial charge is 0.165 e. The van der Waals surface area contributed by atoms with Gasteiger partial charge in [0.15, 0.2) is 11.6 Å². The zero-order valence-electron chi connectivity index (χ0n) is 11.2. The summed E-state index contributed by atoms with van der Waals surface area (Å²) in [6.45, 7) is 5.02. The standard InChI is InChI=1S/C14H17FN2OS/c1-4-16-9(2)12-8-19-14(17-12)10-5-6-13(18-3)11(15)7-10/h5-9,16H,4H2,1-3H3. The predicted octanol–water partition coefficient (Wildman–Crippen LogP) is 3.63. The number of benzene rings is 1. The van der Waals surface area contributed by atoms with Crippen LogP contribution in [0.15, 0.2) is 23.6 Å². The lowest BCUT2D eigenvalue weighted by Gasteiger charge is -2.08. The average Bonchev–Trinajstić information content (AvgIpc) is 2.88. The molecule has 5 heteroatoms. The number of nitrogens with one attached hydrogen (secondary N) is 1. The fourth-order valence-corrected chi connectivity index (χ4v) is 2.74. The molecule has 0 fully saturated rings. The second-order valence-corrected chi connectivity index (χ2v) is 5.06. The van der Waals surface area contributed by atoms with Gasteiger partial charge in [0.25, 0.3) is 0 Å². The molecule has 0 aliphatic carbocycles. The lowest BCUT2D eigenvalue weighted by Crippen LogP contribution is -2.17. The van der Waals surface area contributed by atoms with Gasteiger partial charge in [0.2, 0.25) is 0 Å². The second kappa shape index (κ2) is 6.12. The Kier molecular flexibility index (Phi) is 4.50. The highest BCUT2D eigenvalue weighted by Crippen LogP contribution is 2.29. The van der Waals surface area contributed by atoms with Crippen molar-refractivity contribution in [1.82, 2.24) is 10.3 Å². The maximum absolute atomic E-state index is 13.7. The van der Waals surface area contributed by atoms with E-state index in [0.717, 1.165) is 22.8 Å². The summed E-state index contributed by atoms with van der Waals surface area (Å²) in [5, 5.41) is 6.13. The van der Waals surface area contributed by atoms with E-state index in [1.54, 1.807) is 6.07 Å². The number of rotatable bonds is 5. The molecular formula is C14H17FN2OS.